The lowest BCUT2D eigenvalue weighted by atomic mass is 9.52. The Morgan fingerprint density at radius 3 is 2.25 bits per heavy atom. The minimum absolute atomic E-state index is 0.189. The average molecular weight is 371 g/mol. The van der Waals surface area contributed by atoms with Crippen LogP contribution in [0.2, 0.25) is 5.31 Å². The molecule has 1 fully saturated rings. The minimum atomic E-state index is -0.408. The van der Waals surface area contributed by atoms with E-state index in [-0.39, 0.29) is 5.41 Å². The second-order valence-electron chi connectivity index (χ2n) is 9.04. The van der Waals surface area contributed by atoms with Gasteiger partial charge in [0.15, 0.2) is 0 Å². The predicted octanol–water partition coefficient (Wildman–Crippen LogP) is 6.63. The molecule has 146 valence electrons. The summed E-state index contributed by atoms with van der Waals surface area (Å²) in [5, 5.41) is -0.408. The first kappa shape index (κ1) is 20.8. The van der Waals surface area contributed by atoms with Gasteiger partial charge in [-0.3, -0.25) is 0 Å². The van der Waals surface area contributed by atoms with Crippen molar-refractivity contribution in [3.05, 3.63) is 76.5 Å². The lowest BCUT2D eigenvalue weighted by Crippen LogP contribution is -2.35. The maximum atomic E-state index is 6.98. The van der Waals surface area contributed by atoms with Gasteiger partial charge in [-0.1, -0.05) is 74.4 Å². The molecule has 1 saturated carbocycles. The molecule has 2 radical (unpaired) electrons. The van der Waals surface area contributed by atoms with E-state index in [2.05, 4.69) is 76.2 Å². The summed E-state index contributed by atoms with van der Waals surface area (Å²) >= 11 is 0. The molecule has 0 aromatic heterocycles. The van der Waals surface area contributed by atoms with Crippen LogP contribution in [0.4, 0.5) is 0 Å². The van der Waals surface area contributed by atoms with Crippen LogP contribution in [0.3, 0.4) is 0 Å². The summed E-state index contributed by atoms with van der Waals surface area (Å²) in [6, 6.07) is 17.5. The Morgan fingerprint density at radius 2 is 1.64 bits per heavy atom. The molecule has 0 aliphatic heterocycles. The van der Waals surface area contributed by atoms with Gasteiger partial charge in [-0.15, -0.1) is 0 Å². The summed E-state index contributed by atoms with van der Waals surface area (Å²) in [4.78, 5) is 0. The SMILES string of the molecule is [B]C1(/C(N)=C(\CCC)c2cc(C)ccc2C)CCC(C)(c2ccccc2)CC1. The van der Waals surface area contributed by atoms with Gasteiger partial charge >= 0.3 is 0 Å². The number of hydrogen-bond donors (Lipinski definition) is 1. The molecule has 3 rings (SSSR count). The fourth-order valence-corrected chi connectivity index (χ4v) is 4.67. The third-order valence-electron chi connectivity index (χ3n) is 6.80. The highest BCUT2D eigenvalue weighted by Crippen LogP contribution is 2.53. The number of benzene rings is 2. The zero-order chi connectivity index (χ0) is 20.4. The summed E-state index contributed by atoms with van der Waals surface area (Å²) in [5.74, 6) is 0. The number of aryl methyl sites for hydroxylation is 2. The molecule has 0 spiro atoms. The monoisotopic (exact) mass is 371 g/mol. The second kappa shape index (κ2) is 8.19. The van der Waals surface area contributed by atoms with Gasteiger partial charge < -0.3 is 5.73 Å². The van der Waals surface area contributed by atoms with Crippen LogP contribution in [-0.2, 0) is 5.41 Å². The van der Waals surface area contributed by atoms with Crippen LogP contribution in [0.15, 0.2) is 54.2 Å². The van der Waals surface area contributed by atoms with Crippen LogP contribution in [0.1, 0.15) is 74.6 Å². The minimum Gasteiger partial charge on any atom is -0.402 e. The van der Waals surface area contributed by atoms with Gasteiger partial charge in [0, 0.05) is 5.70 Å². The summed E-state index contributed by atoms with van der Waals surface area (Å²) in [6.45, 7) is 8.91. The average Bonchev–Trinajstić information content (AvgIpc) is 2.71. The van der Waals surface area contributed by atoms with Gasteiger partial charge in [0.05, 0.1) is 7.85 Å². The predicted molar refractivity (Wildman–Crippen MR) is 123 cm³/mol. The Balaban J connectivity index is 1.93. The summed E-state index contributed by atoms with van der Waals surface area (Å²) < 4.78 is 0. The number of hydrogen-bond acceptors (Lipinski definition) is 1. The van der Waals surface area contributed by atoms with Crippen LogP contribution < -0.4 is 5.73 Å². The van der Waals surface area contributed by atoms with Gasteiger partial charge in [-0.25, -0.2) is 0 Å². The number of nitrogens with two attached hydrogens (primary N) is 1. The normalized spacial score (nSPS) is 26.0. The van der Waals surface area contributed by atoms with Crippen molar-refractivity contribution in [2.75, 3.05) is 0 Å². The molecule has 1 nitrogen and oxygen atoms in total. The van der Waals surface area contributed by atoms with E-state index in [1.165, 1.54) is 27.8 Å². The van der Waals surface area contributed by atoms with Crippen molar-refractivity contribution in [3.63, 3.8) is 0 Å². The molecule has 0 unspecified atom stereocenters. The summed E-state index contributed by atoms with van der Waals surface area (Å²) in [5.41, 5.74) is 14.5. The molecule has 1 aliphatic carbocycles. The van der Waals surface area contributed by atoms with Crippen LogP contribution in [0.5, 0.6) is 0 Å². The highest BCUT2D eigenvalue weighted by molar-refractivity contribution is 6.18. The quantitative estimate of drug-likeness (QED) is 0.586. The van der Waals surface area contributed by atoms with E-state index in [4.69, 9.17) is 13.6 Å². The Labute approximate surface area is 172 Å². The first-order valence-electron chi connectivity index (χ1n) is 10.7. The third kappa shape index (κ3) is 4.07. The molecular formula is C26H34BN. The molecule has 0 bridgehead atoms. The van der Waals surface area contributed by atoms with Gasteiger partial charge in [-0.2, -0.15) is 0 Å². The molecule has 0 saturated heterocycles. The van der Waals surface area contributed by atoms with Crippen LogP contribution in [0.25, 0.3) is 5.57 Å². The maximum Gasteiger partial charge on any atom is 0.0830 e. The molecule has 1 aliphatic rings. The molecule has 0 amide bonds. The van der Waals surface area contributed by atoms with E-state index < -0.39 is 5.31 Å². The van der Waals surface area contributed by atoms with Gasteiger partial charge in [0.1, 0.15) is 0 Å². The Hall–Kier alpha value is -1.96. The zero-order valence-electron chi connectivity index (χ0n) is 18.0. The van der Waals surface area contributed by atoms with E-state index >= 15 is 0 Å². The van der Waals surface area contributed by atoms with Gasteiger partial charge in [0.25, 0.3) is 0 Å². The van der Waals surface area contributed by atoms with Crippen LogP contribution in [0, 0.1) is 13.8 Å². The Kier molecular flexibility index (Phi) is 6.08. The van der Waals surface area contributed by atoms with Crippen molar-refractivity contribution >= 4 is 13.4 Å². The summed E-state index contributed by atoms with van der Waals surface area (Å²) in [7, 11) is 6.98. The molecule has 2 N–H and O–H groups in total. The molecule has 2 heteroatoms. The van der Waals surface area contributed by atoms with Gasteiger partial charge in [0.2, 0.25) is 0 Å². The smallest absolute Gasteiger partial charge is 0.0830 e. The largest absolute Gasteiger partial charge is 0.402 e. The van der Waals surface area contributed by atoms with Crippen molar-refractivity contribution in [2.45, 2.75) is 76.9 Å². The van der Waals surface area contributed by atoms with E-state index in [1.54, 1.807) is 0 Å². The van der Waals surface area contributed by atoms with Crippen LogP contribution >= 0.6 is 0 Å². The zero-order valence-corrected chi connectivity index (χ0v) is 18.0. The van der Waals surface area contributed by atoms with E-state index in [0.717, 1.165) is 44.2 Å². The van der Waals surface area contributed by atoms with Gasteiger partial charge in [-0.05, 0) is 78.9 Å². The first-order valence-corrected chi connectivity index (χ1v) is 10.7. The Morgan fingerprint density at radius 1 is 1.00 bits per heavy atom. The molecule has 2 aromatic rings. The van der Waals surface area contributed by atoms with Crippen molar-refractivity contribution in [1.29, 1.82) is 0 Å². The second-order valence-corrected chi connectivity index (χ2v) is 9.04. The standard InChI is InChI=1S/C26H34BN/c1-5-9-22(23-18-19(2)12-13-20(23)3)24(28)26(27)16-14-25(4,15-17-26)21-10-7-6-8-11-21/h6-8,10-13,18H,5,9,14-17,28H2,1-4H3/b24-22-. The highest BCUT2D eigenvalue weighted by atomic mass is 14.6. The molecule has 28 heavy (non-hydrogen) atoms. The Bertz CT molecular complexity index is 842. The van der Waals surface area contributed by atoms with E-state index in [1.807, 2.05) is 0 Å². The number of rotatable bonds is 5. The third-order valence-corrected chi connectivity index (χ3v) is 6.80. The summed E-state index contributed by atoms with van der Waals surface area (Å²) in [6.07, 6.45) is 6.05. The van der Waals surface area contributed by atoms with Crippen molar-refractivity contribution in [1.82, 2.24) is 0 Å². The molecular weight excluding hydrogens is 337 g/mol. The van der Waals surface area contributed by atoms with Crippen molar-refractivity contribution in [2.24, 2.45) is 5.73 Å². The molecule has 0 atom stereocenters. The fourth-order valence-electron chi connectivity index (χ4n) is 4.67. The fraction of sp³-hybridized carbons (Fsp3) is 0.462. The van der Waals surface area contributed by atoms with E-state index in [9.17, 15) is 0 Å². The first-order chi connectivity index (χ1) is 13.3. The topological polar surface area (TPSA) is 26.0 Å². The maximum absolute atomic E-state index is 6.98. The molecule has 2 aromatic carbocycles. The number of allylic oxidation sites excluding steroid dienone is 2. The lowest BCUT2D eigenvalue weighted by Gasteiger charge is -2.45. The lowest BCUT2D eigenvalue weighted by molar-refractivity contribution is 0.280. The van der Waals surface area contributed by atoms with Crippen molar-refractivity contribution < 1.29 is 0 Å². The van der Waals surface area contributed by atoms with Crippen molar-refractivity contribution in [3.8, 4) is 0 Å². The van der Waals surface area contributed by atoms with Crippen LogP contribution in [-0.4, -0.2) is 7.85 Å². The van der Waals surface area contributed by atoms with E-state index in [0.29, 0.717) is 0 Å². The highest BCUT2D eigenvalue weighted by Gasteiger charge is 2.40. The molecule has 0 heterocycles.